The van der Waals surface area contributed by atoms with Crippen molar-refractivity contribution in [3.8, 4) is 6.07 Å². The summed E-state index contributed by atoms with van der Waals surface area (Å²) in [5, 5.41) is 9.31. The predicted molar refractivity (Wildman–Crippen MR) is 71.9 cm³/mol. The Morgan fingerprint density at radius 1 is 1.22 bits per heavy atom. The SMILES string of the molecule is CCc1ccc(C(C#N)c2ccc(N)cn2)cc1. The van der Waals surface area contributed by atoms with Crippen LogP contribution in [0.25, 0.3) is 0 Å². The fourth-order valence-corrected chi connectivity index (χ4v) is 1.84. The molecule has 0 amide bonds. The normalized spacial score (nSPS) is 11.8. The second-order valence-corrected chi connectivity index (χ2v) is 4.17. The van der Waals surface area contributed by atoms with Crippen molar-refractivity contribution in [3.05, 3.63) is 59.4 Å². The van der Waals surface area contributed by atoms with Crippen molar-refractivity contribution < 1.29 is 0 Å². The second-order valence-electron chi connectivity index (χ2n) is 4.17. The lowest BCUT2D eigenvalue weighted by Crippen LogP contribution is -2.01. The summed E-state index contributed by atoms with van der Waals surface area (Å²) < 4.78 is 0. The Morgan fingerprint density at radius 3 is 2.44 bits per heavy atom. The van der Waals surface area contributed by atoms with Crippen molar-refractivity contribution in [1.82, 2.24) is 4.98 Å². The van der Waals surface area contributed by atoms with Gasteiger partial charge in [0.15, 0.2) is 0 Å². The Labute approximate surface area is 107 Å². The number of pyridine rings is 1. The van der Waals surface area contributed by atoms with Crippen LogP contribution in [0.5, 0.6) is 0 Å². The van der Waals surface area contributed by atoms with E-state index in [2.05, 4.69) is 30.1 Å². The summed E-state index contributed by atoms with van der Waals surface area (Å²) in [5.74, 6) is -0.337. The number of aryl methyl sites for hydroxylation is 1. The van der Waals surface area contributed by atoms with Crippen molar-refractivity contribution in [2.45, 2.75) is 19.3 Å². The first-order chi connectivity index (χ1) is 8.74. The van der Waals surface area contributed by atoms with Gasteiger partial charge in [0, 0.05) is 0 Å². The molecule has 0 aliphatic rings. The minimum atomic E-state index is -0.337. The summed E-state index contributed by atoms with van der Waals surface area (Å²) in [6.07, 6.45) is 2.58. The van der Waals surface area contributed by atoms with E-state index in [9.17, 15) is 5.26 Å². The number of rotatable bonds is 3. The molecular formula is C15H15N3. The number of nitrogen functional groups attached to an aromatic ring is 1. The lowest BCUT2D eigenvalue weighted by atomic mass is 9.95. The molecule has 0 saturated carbocycles. The number of hydrogen-bond acceptors (Lipinski definition) is 3. The highest BCUT2D eigenvalue weighted by Gasteiger charge is 2.14. The van der Waals surface area contributed by atoms with Crippen LogP contribution >= 0.6 is 0 Å². The molecule has 0 fully saturated rings. The Kier molecular flexibility index (Phi) is 3.59. The quantitative estimate of drug-likeness (QED) is 0.892. The van der Waals surface area contributed by atoms with Gasteiger partial charge in [0.1, 0.15) is 5.92 Å². The lowest BCUT2D eigenvalue weighted by Gasteiger charge is -2.09. The average Bonchev–Trinajstić information content (AvgIpc) is 2.42. The van der Waals surface area contributed by atoms with Gasteiger partial charge >= 0.3 is 0 Å². The summed E-state index contributed by atoms with van der Waals surface area (Å²) in [4.78, 5) is 4.22. The Balaban J connectivity index is 2.33. The van der Waals surface area contributed by atoms with Crippen molar-refractivity contribution >= 4 is 5.69 Å². The molecule has 90 valence electrons. The van der Waals surface area contributed by atoms with E-state index in [0.717, 1.165) is 17.7 Å². The highest BCUT2D eigenvalue weighted by Crippen LogP contribution is 2.23. The number of aromatic nitrogens is 1. The molecule has 3 nitrogen and oxygen atoms in total. The van der Waals surface area contributed by atoms with Gasteiger partial charge < -0.3 is 5.73 Å². The molecule has 0 spiro atoms. The molecule has 0 aliphatic carbocycles. The summed E-state index contributed by atoms with van der Waals surface area (Å²) in [5.41, 5.74) is 9.17. The van der Waals surface area contributed by atoms with Gasteiger partial charge in [-0.2, -0.15) is 5.26 Å². The first kappa shape index (κ1) is 12.1. The summed E-state index contributed by atoms with van der Waals surface area (Å²) in [6, 6.07) is 13.9. The third-order valence-corrected chi connectivity index (χ3v) is 2.96. The largest absolute Gasteiger partial charge is 0.397 e. The molecule has 0 bridgehead atoms. The summed E-state index contributed by atoms with van der Waals surface area (Å²) in [7, 11) is 0. The van der Waals surface area contributed by atoms with E-state index in [1.807, 2.05) is 12.1 Å². The maximum atomic E-state index is 9.31. The highest BCUT2D eigenvalue weighted by atomic mass is 14.7. The molecule has 2 rings (SSSR count). The van der Waals surface area contributed by atoms with Crippen LogP contribution in [0.2, 0.25) is 0 Å². The number of benzene rings is 1. The van der Waals surface area contributed by atoms with Crippen molar-refractivity contribution in [3.63, 3.8) is 0 Å². The molecule has 0 radical (unpaired) electrons. The monoisotopic (exact) mass is 237 g/mol. The van der Waals surface area contributed by atoms with Crippen molar-refractivity contribution in [2.24, 2.45) is 0 Å². The molecule has 0 aliphatic heterocycles. The third-order valence-electron chi connectivity index (χ3n) is 2.96. The van der Waals surface area contributed by atoms with E-state index in [1.165, 1.54) is 5.56 Å². The third kappa shape index (κ3) is 2.49. The van der Waals surface area contributed by atoms with Gasteiger partial charge in [0.25, 0.3) is 0 Å². The van der Waals surface area contributed by atoms with Crippen LogP contribution in [0.3, 0.4) is 0 Å². The molecule has 3 heteroatoms. The van der Waals surface area contributed by atoms with Gasteiger partial charge in [-0.05, 0) is 29.7 Å². The minimum Gasteiger partial charge on any atom is -0.397 e. The van der Waals surface area contributed by atoms with Gasteiger partial charge in [-0.1, -0.05) is 31.2 Å². The first-order valence-corrected chi connectivity index (χ1v) is 5.94. The average molecular weight is 237 g/mol. The van der Waals surface area contributed by atoms with E-state index in [4.69, 9.17) is 5.73 Å². The lowest BCUT2D eigenvalue weighted by molar-refractivity contribution is 0.963. The zero-order valence-corrected chi connectivity index (χ0v) is 10.3. The van der Waals surface area contributed by atoms with Gasteiger partial charge in [0.05, 0.1) is 23.6 Å². The fraction of sp³-hybridized carbons (Fsp3) is 0.200. The first-order valence-electron chi connectivity index (χ1n) is 5.94. The molecular weight excluding hydrogens is 222 g/mol. The fourth-order valence-electron chi connectivity index (χ4n) is 1.84. The smallest absolute Gasteiger partial charge is 0.113 e. The summed E-state index contributed by atoms with van der Waals surface area (Å²) >= 11 is 0. The van der Waals surface area contributed by atoms with Gasteiger partial charge in [0.2, 0.25) is 0 Å². The minimum absolute atomic E-state index is 0.337. The highest BCUT2D eigenvalue weighted by molar-refractivity contribution is 5.40. The number of nitrogens with two attached hydrogens (primary N) is 1. The molecule has 1 aromatic heterocycles. The number of nitriles is 1. The van der Waals surface area contributed by atoms with Crippen LogP contribution in [0.1, 0.15) is 29.7 Å². The Hall–Kier alpha value is -2.34. The van der Waals surface area contributed by atoms with Crippen LogP contribution in [0.15, 0.2) is 42.6 Å². The van der Waals surface area contributed by atoms with E-state index in [1.54, 1.807) is 18.3 Å². The van der Waals surface area contributed by atoms with Crippen molar-refractivity contribution in [2.75, 3.05) is 5.73 Å². The second kappa shape index (κ2) is 5.33. The van der Waals surface area contributed by atoms with Crippen LogP contribution < -0.4 is 5.73 Å². The molecule has 18 heavy (non-hydrogen) atoms. The number of nitrogens with zero attached hydrogens (tertiary/aromatic N) is 2. The molecule has 2 N–H and O–H groups in total. The van der Waals surface area contributed by atoms with Crippen LogP contribution in [-0.2, 0) is 6.42 Å². The van der Waals surface area contributed by atoms with E-state index in [0.29, 0.717) is 5.69 Å². The zero-order chi connectivity index (χ0) is 13.0. The van der Waals surface area contributed by atoms with E-state index < -0.39 is 0 Å². The Bertz CT molecular complexity index is 550. The maximum Gasteiger partial charge on any atom is 0.113 e. The van der Waals surface area contributed by atoms with Crippen LogP contribution in [0, 0.1) is 11.3 Å². The van der Waals surface area contributed by atoms with Crippen LogP contribution in [-0.4, -0.2) is 4.98 Å². The van der Waals surface area contributed by atoms with Crippen LogP contribution in [0.4, 0.5) is 5.69 Å². The molecule has 1 atom stereocenters. The molecule has 2 aromatic rings. The van der Waals surface area contributed by atoms with Gasteiger partial charge in [-0.3, -0.25) is 4.98 Å². The predicted octanol–water partition coefficient (Wildman–Crippen LogP) is 2.88. The molecule has 1 aromatic carbocycles. The van der Waals surface area contributed by atoms with E-state index >= 15 is 0 Å². The molecule has 1 unspecified atom stereocenters. The topological polar surface area (TPSA) is 62.7 Å². The number of hydrogen-bond donors (Lipinski definition) is 1. The molecule has 0 saturated heterocycles. The van der Waals surface area contributed by atoms with Crippen molar-refractivity contribution in [1.29, 1.82) is 5.26 Å². The summed E-state index contributed by atoms with van der Waals surface area (Å²) in [6.45, 7) is 2.11. The number of anilines is 1. The standard InChI is InChI=1S/C15H15N3/c1-2-11-3-5-12(6-4-11)14(9-16)15-8-7-13(17)10-18-15/h3-8,10,14H,2,17H2,1H3. The van der Waals surface area contributed by atoms with Gasteiger partial charge in [-0.25, -0.2) is 0 Å². The molecule has 1 heterocycles. The maximum absolute atomic E-state index is 9.31. The van der Waals surface area contributed by atoms with Gasteiger partial charge in [-0.15, -0.1) is 0 Å². The zero-order valence-electron chi connectivity index (χ0n) is 10.3. The van der Waals surface area contributed by atoms with E-state index in [-0.39, 0.29) is 5.92 Å². The Morgan fingerprint density at radius 2 is 1.94 bits per heavy atom.